The van der Waals surface area contributed by atoms with E-state index in [-0.39, 0.29) is 24.5 Å². The first-order valence-corrected chi connectivity index (χ1v) is 9.99. The molecular formula is C23H29N3O3. The Morgan fingerprint density at radius 1 is 1.17 bits per heavy atom. The molecule has 0 saturated carbocycles. The van der Waals surface area contributed by atoms with Crippen molar-refractivity contribution in [1.29, 1.82) is 0 Å². The van der Waals surface area contributed by atoms with E-state index in [0.29, 0.717) is 12.1 Å². The Bertz CT molecular complexity index is 897. The zero-order valence-corrected chi connectivity index (χ0v) is 17.6. The zero-order valence-electron chi connectivity index (χ0n) is 17.6. The summed E-state index contributed by atoms with van der Waals surface area (Å²) in [4.78, 5) is 28.7. The number of amides is 2. The summed E-state index contributed by atoms with van der Waals surface area (Å²) in [5, 5.41) is 2.72. The van der Waals surface area contributed by atoms with E-state index >= 15 is 0 Å². The average Bonchev–Trinajstić information content (AvgIpc) is 2.72. The first kappa shape index (κ1) is 20.7. The number of hydrogen-bond donors (Lipinski definition) is 1. The number of aryl methyl sites for hydroxylation is 2. The van der Waals surface area contributed by atoms with Crippen molar-refractivity contribution in [1.82, 2.24) is 10.2 Å². The number of benzene rings is 2. The molecule has 1 heterocycles. The highest BCUT2D eigenvalue weighted by Crippen LogP contribution is 2.32. The van der Waals surface area contributed by atoms with Crippen LogP contribution >= 0.6 is 0 Å². The average molecular weight is 396 g/mol. The van der Waals surface area contributed by atoms with E-state index < -0.39 is 0 Å². The predicted molar refractivity (Wildman–Crippen MR) is 115 cm³/mol. The van der Waals surface area contributed by atoms with Crippen molar-refractivity contribution >= 4 is 17.5 Å². The Morgan fingerprint density at radius 2 is 1.93 bits per heavy atom. The number of likely N-dealkylation sites (N-methyl/N-ethyl adjacent to an activating group) is 2. The van der Waals surface area contributed by atoms with E-state index in [2.05, 4.69) is 17.1 Å². The van der Waals surface area contributed by atoms with Crippen LogP contribution in [0, 0.1) is 13.8 Å². The molecule has 0 bridgehead atoms. The number of para-hydroxylation sites is 2. The molecule has 6 nitrogen and oxygen atoms in total. The van der Waals surface area contributed by atoms with Gasteiger partial charge in [0.05, 0.1) is 25.3 Å². The molecular weight excluding hydrogens is 366 g/mol. The molecule has 1 aliphatic rings. The Balaban J connectivity index is 1.54. The van der Waals surface area contributed by atoms with Gasteiger partial charge in [0.15, 0.2) is 0 Å². The number of nitrogens with zero attached hydrogens (tertiary/aromatic N) is 2. The summed E-state index contributed by atoms with van der Waals surface area (Å²) in [5.74, 6) is 0.456. The van der Waals surface area contributed by atoms with Gasteiger partial charge in [0.1, 0.15) is 11.9 Å². The van der Waals surface area contributed by atoms with E-state index in [1.165, 1.54) is 0 Å². The Hall–Kier alpha value is -3.02. The van der Waals surface area contributed by atoms with Gasteiger partial charge < -0.3 is 19.9 Å². The third kappa shape index (κ3) is 4.88. The lowest BCUT2D eigenvalue weighted by molar-refractivity contribution is -0.129. The summed E-state index contributed by atoms with van der Waals surface area (Å²) < 4.78 is 6.08. The van der Waals surface area contributed by atoms with E-state index in [9.17, 15) is 9.59 Å². The van der Waals surface area contributed by atoms with Gasteiger partial charge >= 0.3 is 0 Å². The molecule has 0 aliphatic carbocycles. The van der Waals surface area contributed by atoms with Gasteiger partial charge in [0.2, 0.25) is 5.91 Å². The molecule has 2 aromatic rings. The van der Waals surface area contributed by atoms with Crippen LogP contribution in [0.5, 0.6) is 5.75 Å². The molecule has 2 aromatic carbocycles. The van der Waals surface area contributed by atoms with Crippen molar-refractivity contribution in [3.8, 4) is 5.75 Å². The number of nitrogens with one attached hydrogen (secondary N) is 1. The minimum absolute atomic E-state index is 0.0386. The summed E-state index contributed by atoms with van der Waals surface area (Å²) in [7, 11) is 1.74. The Labute approximate surface area is 172 Å². The van der Waals surface area contributed by atoms with Crippen molar-refractivity contribution < 1.29 is 14.3 Å². The quantitative estimate of drug-likeness (QED) is 0.817. The highest BCUT2D eigenvalue weighted by Gasteiger charge is 2.26. The van der Waals surface area contributed by atoms with Crippen molar-refractivity contribution in [2.24, 2.45) is 0 Å². The van der Waals surface area contributed by atoms with E-state index in [1.54, 1.807) is 18.0 Å². The molecule has 0 aromatic heterocycles. The van der Waals surface area contributed by atoms with Crippen LogP contribution in [0.3, 0.4) is 0 Å². The lowest BCUT2D eigenvalue weighted by Gasteiger charge is -2.37. The molecule has 0 spiro atoms. The Morgan fingerprint density at radius 3 is 2.66 bits per heavy atom. The van der Waals surface area contributed by atoms with Crippen molar-refractivity contribution in [2.75, 3.05) is 38.1 Å². The van der Waals surface area contributed by atoms with Gasteiger partial charge in [-0.05, 0) is 56.2 Å². The predicted octanol–water partition coefficient (Wildman–Crippen LogP) is 2.78. The number of anilines is 1. The highest BCUT2D eigenvalue weighted by atomic mass is 16.5. The number of hydrogen-bond acceptors (Lipinski definition) is 4. The number of ether oxygens (including phenoxy) is 1. The van der Waals surface area contributed by atoms with Gasteiger partial charge in [-0.25, -0.2) is 0 Å². The van der Waals surface area contributed by atoms with E-state index in [4.69, 9.17) is 4.74 Å². The summed E-state index contributed by atoms with van der Waals surface area (Å²) in [5.41, 5.74) is 3.83. The first-order chi connectivity index (χ1) is 13.9. The van der Waals surface area contributed by atoms with Gasteiger partial charge in [-0.15, -0.1) is 0 Å². The second kappa shape index (κ2) is 8.99. The van der Waals surface area contributed by atoms with Gasteiger partial charge in [-0.2, -0.15) is 0 Å². The molecule has 0 fully saturated rings. The third-order valence-electron chi connectivity index (χ3n) is 5.38. The monoisotopic (exact) mass is 395 g/mol. The normalized spacial score (nSPS) is 15.3. The van der Waals surface area contributed by atoms with Crippen LogP contribution in [0.25, 0.3) is 0 Å². The maximum Gasteiger partial charge on any atom is 0.251 e. The van der Waals surface area contributed by atoms with Crippen molar-refractivity contribution in [3.05, 3.63) is 59.2 Å². The lowest BCUT2D eigenvalue weighted by atomic mass is 10.1. The van der Waals surface area contributed by atoms with Crippen LogP contribution in [0.15, 0.2) is 42.5 Å². The second-order valence-electron chi connectivity index (χ2n) is 7.50. The van der Waals surface area contributed by atoms with Crippen LogP contribution in [0.1, 0.15) is 28.4 Å². The van der Waals surface area contributed by atoms with Gasteiger partial charge in [0, 0.05) is 19.2 Å². The standard InChI is InChI=1S/C23H29N3O3/c1-5-26-15-19(29-21-9-7-6-8-20(21)26)14-25(4)22(27)13-24-23(28)18-11-10-16(2)17(3)12-18/h6-12,19H,5,13-15H2,1-4H3,(H,24,28)/t19-/m1/s1. The summed E-state index contributed by atoms with van der Waals surface area (Å²) in [6, 6.07) is 13.5. The number of carbonyl (C=O) groups excluding carboxylic acids is 2. The van der Waals surface area contributed by atoms with Gasteiger partial charge in [-0.3, -0.25) is 9.59 Å². The molecule has 1 atom stereocenters. The number of rotatable bonds is 6. The fraction of sp³-hybridized carbons (Fsp3) is 0.391. The smallest absolute Gasteiger partial charge is 0.251 e. The van der Waals surface area contributed by atoms with Crippen LogP contribution in [0.4, 0.5) is 5.69 Å². The molecule has 3 rings (SSSR count). The van der Waals surface area contributed by atoms with Gasteiger partial charge in [-0.1, -0.05) is 18.2 Å². The van der Waals surface area contributed by atoms with Crippen LogP contribution in [-0.2, 0) is 4.79 Å². The van der Waals surface area contributed by atoms with Gasteiger partial charge in [0.25, 0.3) is 5.91 Å². The van der Waals surface area contributed by atoms with Crippen molar-refractivity contribution in [2.45, 2.75) is 26.9 Å². The van der Waals surface area contributed by atoms with Crippen LogP contribution in [-0.4, -0.2) is 56.0 Å². The fourth-order valence-electron chi connectivity index (χ4n) is 3.46. The topological polar surface area (TPSA) is 61.9 Å². The van der Waals surface area contributed by atoms with E-state index in [1.807, 2.05) is 50.2 Å². The molecule has 154 valence electrons. The molecule has 0 unspecified atom stereocenters. The maximum absolute atomic E-state index is 12.5. The first-order valence-electron chi connectivity index (χ1n) is 9.99. The minimum Gasteiger partial charge on any atom is -0.485 e. The SMILES string of the molecule is CCN1C[C@@H](CN(C)C(=O)CNC(=O)c2ccc(C)c(C)c2)Oc2ccccc21. The van der Waals surface area contributed by atoms with E-state index in [0.717, 1.165) is 35.7 Å². The van der Waals surface area contributed by atoms with Crippen molar-refractivity contribution in [3.63, 3.8) is 0 Å². The molecule has 0 saturated heterocycles. The largest absolute Gasteiger partial charge is 0.485 e. The third-order valence-corrected chi connectivity index (χ3v) is 5.38. The maximum atomic E-state index is 12.5. The number of fused-ring (bicyclic) bond motifs is 1. The summed E-state index contributed by atoms with van der Waals surface area (Å²) in [6.07, 6.45) is -0.116. The number of carbonyl (C=O) groups is 2. The molecule has 2 amide bonds. The lowest BCUT2D eigenvalue weighted by Crippen LogP contribution is -2.48. The minimum atomic E-state index is -0.241. The molecule has 29 heavy (non-hydrogen) atoms. The highest BCUT2D eigenvalue weighted by molar-refractivity contribution is 5.96. The second-order valence-corrected chi connectivity index (χ2v) is 7.50. The fourth-order valence-corrected chi connectivity index (χ4v) is 3.46. The summed E-state index contributed by atoms with van der Waals surface area (Å²) >= 11 is 0. The molecule has 1 N–H and O–H groups in total. The summed E-state index contributed by atoms with van der Waals surface area (Å²) in [6.45, 7) is 8.09. The Kier molecular flexibility index (Phi) is 6.42. The molecule has 6 heteroatoms. The zero-order chi connectivity index (χ0) is 21.0. The molecule has 1 aliphatic heterocycles. The molecule has 0 radical (unpaired) electrons. The van der Waals surface area contributed by atoms with Crippen LogP contribution < -0.4 is 15.0 Å². The van der Waals surface area contributed by atoms with Crippen LogP contribution in [0.2, 0.25) is 0 Å².